The van der Waals surface area contributed by atoms with E-state index in [1.165, 1.54) is 53.2 Å². The summed E-state index contributed by atoms with van der Waals surface area (Å²) in [5.74, 6) is 0.0790. The second-order valence-corrected chi connectivity index (χ2v) is 10.3. The quantitative estimate of drug-likeness (QED) is 0.436. The first-order valence-electron chi connectivity index (χ1n) is 9.18. The number of fused-ring (bicyclic) bond motifs is 1. The van der Waals surface area contributed by atoms with Crippen LogP contribution in [-0.2, 0) is 23.6 Å². The van der Waals surface area contributed by atoms with Crippen LogP contribution in [0.5, 0.6) is 0 Å². The predicted octanol–water partition coefficient (Wildman–Crippen LogP) is 4.05. The molecule has 0 aliphatic carbocycles. The van der Waals surface area contributed by atoms with Crippen molar-refractivity contribution in [2.75, 3.05) is 7.05 Å². The van der Waals surface area contributed by atoms with E-state index in [-0.39, 0.29) is 11.4 Å². The molecule has 0 aliphatic rings. The van der Waals surface area contributed by atoms with E-state index in [2.05, 4.69) is 4.99 Å². The number of nitrogens with zero attached hydrogens (tertiary/aromatic N) is 3. The van der Waals surface area contributed by atoms with Crippen molar-refractivity contribution >= 4 is 49.1 Å². The van der Waals surface area contributed by atoms with Crippen molar-refractivity contribution in [1.82, 2.24) is 8.87 Å². The number of aryl methyl sites for hydroxylation is 1. The molecule has 0 unspecified atom stereocenters. The zero-order chi connectivity index (χ0) is 22.2. The van der Waals surface area contributed by atoms with Crippen LogP contribution in [0.2, 0.25) is 5.02 Å². The van der Waals surface area contributed by atoms with Gasteiger partial charge in [-0.15, -0.1) is 0 Å². The molecule has 0 saturated carbocycles. The maximum absolute atomic E-state index is 12.8. The Kier molecular flexibility index (Phi) is 5.85. The summed E-state index contributed by atoms with van der Waals surface area (Å²) in [6, 6.07) is 14.6. The summed E-state index contributed by atoms with van der Waals surface area (Å²) in [7, 11) is -0.433. The third-order valence-corrected chi connectivity index (χ3v) is 7.88. The van der Waals surface area contributed by atoms with Crippen LogP contribution in [0, 0.1) is 0 Å². The number of amides is 1. The Morgan fingerprint density at radius 1 is 1.19 bits per heavy atom. The van der Waals surface area contributed by atoms with Gasteiger partial charge in [0.05, 0.1) is 27.9 Å². The number of sulfonamides is 1. The number of rotatable bonds is 5. The normalized spacial score (nSPS) is 12.7. The fourth-order valence-corrected chi connectivity index (χ4v) is 5.45. The molecule has 31 heavy (non-hydrogen) atoms. The van der Waals surface area contributed by atoms with Crippen LogP contribution in [0.25, 0.3) is 10.2 Å². The molecule has 1 amide bonds. The van der Waals surface area contributed by atoms with E-state index < -0.39 is 15.9 Å². The van der Waals surface area contributed by atoms with E-state index in [0.717, 1.165) is 10.2 Å². The molecule has 2 aromatic heterocycles. The molecule has 2 aromatic carbocycles. The van der Waals surface area contributed by atoms with E-state index in [1.54, 1.807) is 18.2 Å². The Morgan fingerprint density at radius 2 is 1.94 bits per heavy atom. The average molecular weight is 476 g/mol. The van der Waals surface area contributed by atoms with Crippen molar-refractivity contribution in [3.8, 4) is 0 Å². The first-order chi connectivity index (χ1) is 14.8. The van der Waals surface area contributed by atoms with Crippen LogP contribution >= 0.6 is 22.9 Å². The molecular weight excluding hydrogens is 458 g/mol. The van der Waals surface area contributed by atoms with Gasteiger partial charge in [0.25, 0.3) is 5.91 Å². The zero-order valence-electron chi connectivity index (χ0n) is 16.6. The van der Waals surface area contributed by atoms with Gasteiger partial charge in [-0.05, 0) is 54.6 Å². The number of aromatic nitrogens is 1. The standard InChI is InChI=1S/C21H18ClN3O4S2/c1-24(13-16-4-3-11-29-16)31(27,28)17-8-5-14(6-9-17)20(26)23-21-25(2)18-10-7-15(22)12-19(18)30-21/h3-12H,13H2,1-2H3. The Hall–Kier alpha value is -2.72. The smallest absolute Gasteiger partial charge is 0.279 e. The molecule has 0 radical (unpaired) electrons. The molecule has 4 rings (SSSR count). The molecular formula is C21H18ClN3O4S2. The van der Waals surface area contributed by atoms with Gasteiger partial charge in [-0.3, -0.25) is 4.79 Å². The number of benzene rings is 2. The molecule has 4 aromatic rings. The van der Waals surface area contributed by atoms with E-state index in [0.29, 0.717) is 21.1 Å². The van der Waals surface area contributed by atoms with Crippen LogP contribution in [0.4, 0.5) is 0 Å². The Bertz CT molecular complexity index is 1420. The third-order valence-electron chi connectivity index (χ3n) is 4.74. The third kappa shape index (κ3) is 4.35. The number of carbonyl (C=O) groups excluding carboxylic acids is 1. The lowest BCUT2D eigenvalue weighted by atomic mass is 10.2. The van der Waals surface area contributed by atoms with Crippen LogP contribution < -0.4 is 4.80 Å². The summed E-state index contributed by atoms with van der Waals surface area (Å²) >= 11 is 7.39. The summed E-state index contributed by atoms with van der Waals surface area (Å²) in [6.07, 6.45) is 1.49. The van der Waals surface area contributed by atoms with Crippen LogP contribution in [0.3, 0.4) is 0 Å². The van der Waals surface area contributed by atoms with Gasteiger partial charge >= 0.3 is 0 Å². The molecule has 10 heteroatoms. The molecule has 0 atom stereocenters. The minimum atomic E-state index is -3.73. The lowest BCUT2D eigenvalue weighted by molar-refractivity contribution is 0.0998. The molecule has 0 fully saturated rings. The van der Waals surface area contributed by atoms with E-state index in [9.17, 15) is 13.2 Å². The average Bonchev–Trinajstić information content (AvgIpc) is 3.36. The lowest BCUT2D eigenvalue weighted by Gasteiger charge is -2.16. The molecule has 7 nitrogen and oxygen atoms in total. The molecule has 0 bridgehead atoms. The van der Waals surface area contributed by atoms with Gasteiger partial charge < -0.3 is 8.98 Å². The molecule has 160 valence electrons. The van der Waals surface area contributed by atoms with Gasteiger partial charge in [-0.1, -0.05) is 22.9 Å². The largest absolute Gasteiger partial charge is 0.468 e. The van der Waals surface area contributed by atoms with Crippen LogP contribution in [0.1, 0.15) is 16.1 Å². The van der Waals surface area contributed by atoms with Crippen molar-refractivity contribution in [3.05, 3.63) is 82.0 Å². The number of carbonyl (C=O) groups is 1. The van der Waals surface area contributed by atoms with Crippen molar-refractivity contribution in [2.24, 2.45) is 12.0 Å². The first-order valence-corrected chi connectivity index (χ1v) is 11.8. The van der Waals surface area contributed by atoms with Crippen molar-refractivity contribution < 1.29 is 17.6 Å². The van der Waals surface area contributed by atoms with Gasteiger partial charge in [0.1, 0.15) is 5.76 Å². The van der Waals surface area contributed by atoms with Gasteiger partial charge in [0, 0.05) is 24.7 Å². The number of furan rings is 1. The lowest BCUT2D eigenvalue weighted by Crippen LogP contribution is -2.26. The van der Waals surface area contributed by atoms with Crippen molar-refractivity contribution in [2.45, 2.75) is 11.4 Å². The molecule has 0 spiro atoms. The number of thiazole rings is 1. The maximum Gasteiger partial charge on any atom is 0.279 e. The summed E-state index contributed by atoms with van der Waals surface area (Å²) < 4.78 is 34.7. The van der Waals surface area contributed by atoms with Gasteiger partial charge in [0.2, 0.25) is 10.0 Å². The van der Waals surface area contributed by atoms with Crippen LogP contribution in [0.15, 0.2) is 75.2 Å². The monoisotopic (exact) mass is 475 g/mol. The second-order valence-electron chi connectivity index (χ2n) is 6.84. The molecule has 0 N–H and O–H groups in total. The van der Waals surface area contributed by atoms with Gasteiger partial charge in [-0.2, -0.15) is 9.30 Å². The molecule has 0 aliphatic heterocycles. The van der Waals surface area contributed by atoms with Crippen LogP contribution in [-0.4, -0.2) is 30.2 Å². The van der Waals surface area contributed by atoms with E-state index in [4.69, 9.17) is 16.0 Å². The number of halogens is 1. The summed E-state index contributed by atoms with van der Waals surface area (Å²) in [5.41, 5.74) is 1.21. The van der Waals surface area contributed by atoms with E-state index >= 15 is 0 Å². The SMILES string of the molecule is CN(Cc1ccco1)S(=O)(=O)c1ccc(C(=O)N=c2sc3cc(Cl)ccc3n2C)cc1. The van der Waals surface area contributed by atoms with Crippen molar-refractivity contribution in [1.29, 1.82) is 0 Å². The van der Waals surface area contributed by atoms with Crippen molar-refractivity contribution in [3.63, 3.8) is 0 Å². The Morgan fingerprint density at radius 3 is 2.61 bits per heavy atom. The van der Waals surface area contributed by atoms with E-state index in [1.807, 2.05) is 23.7 Å². The fourth-order valence-electron chi connectivity index (χ4n) is 3.02. The fraction of sp³-hybridized carbons (Fsp3) is 0.143. The topological polar surface area (TPSA) is 84.9 Å². The number of hydrogen-bond donors (Lipinski definition) is 0. The summed E-state index contributed by atoms with van der Waals surface area (Å²) in [6.45, 7) is 0.109. The zero-order valence-corrected chi connectivity index (χ0v) is 19.0. The first kappa shape index (κ1) is 21.5. The number of hydrogen-bond acceptors (Lipinski definition) is 5. The highest BCUT2D eigenvalue weighted by Gasteiger charge is 2.22. The minimum Gasteiger partial charge on any atom is -0.468 e. The second kappa shape index (κ2) is 8.43. The Balaban J connectivity index is 1.58. The summed E-state index contributed by atoms with van der Waals surface area (Å²) in [5, 5.41) is 0.612. The highest BCUT2D eigenvalue weighted by atomic mass is 35.5. The predicted molar refractivity (Wildman–Crippen MR) is 120 cm³/mol. The van der Waals surface area contributed by atoms with Gasteiger partial charge in [-0.25, -0.2) is 8.42 Å². The highest BCUT2D eigenvalue weighted by molar-refractivity contribution is 7.89. The minimum absolute atomic E-state index is 0.0835. The Labute approximate surface area is 187 Å². The van der Waals surface area contributed by atoms with Gasteiger partial charge in [0.15, 0.2) is 4.80 Å². The molecule has 0 saturated heterocycles. The maximum atomic E-state index is 12.8. The highest BCUT2D eigenvalue weighted by Crippen LogP contribution is 2.21. The molecule has 2 heterocycles. The summed E-state index contributed by atoms with van der Waals surface area (Å²) in [4.78, 5) is 17.5.